The van der Waals surface area contributed by atoms with E-state index in [1.54, 1.807) is 12.1 Å². The molecule has 18 heavy (non-hydrogen) atoms. The molecule has 0 bridgehead atoms. The molecule has 1 amide bonds. The molecule has 1 aromatic carbocycles. The van der Waals surface area contributed by atoms with E-state index in [1.807, 2.05) is 12.1 Å². The smallest absolute Gasteiger partial charge is 0.248 e. The summed E-state index contributed by atoms with van der Waals surface area (Å²) in [5.74, 6) is 0.144. The topological polar surface area (TPSA) is 60.2 Å². The lowest BCUT2D eigenvalue weighted by Gasteiger charge is -2.12. The maximum absolute atomic E-state index is 11.9. The van der Waals surface area contributed by atoms with E-state index >= 15 is 0 Å². The van der Waals surface area contributed by atoms with Gasteiger partial charge in [-0.2, -0.15) is 0 Å². The van der Waals surface area contributed by atoms with Crippen LogP contribution in [0.5, 0.6) is 0 Å². The molecule has 1 aliphatic rings. The lowest BCUT2D eigenvalue weighted by Crippen LogP contribution is -2.15. The van der Waals surface area contributed by atoms with Gasteiger partial charge in [0, 0.05) is 17.9 Å². The number of rotatable bonds is 3. The van der Waals surface area contributed by atoms with Gasteiger partial charge in [0.2, 0.25) is 5.91 Å². The Morgan fingerprint density at radius 1 is 1.17 bits per heavy atom. The van der Waals surface area contributed by atoms with Gasteiger partial charge in [-0.15, -0.1) is 0 Å². The van der Waals surface area contributed by atoms with E-state index in [0.29, 0.717) is 11.3 Å². The Bertz CT molecular complexity index is 436. The molecule has 0 radical (unpaired) electrons. The molecule has 2 N–H and O–H groups in total. The SMILES string of the molecule is NC(=O)c1ccc(CC2CCCCCC2=O)cc1. The molecule has 3 nitrogen and oxygen atoms in total. The van der Waals surface area contributed by atoms with Crippen LogP contribution in [0.15, 0.2) is 24.3 Å². The van der Waals surface area contributed by atoms with Crippen molar-refractivity contribution >= 4 is 11.7 Å². The minimum absolute atomic E-state index is 0.159. The molecule has 2 rings (SSSR count). The Balaban J connectivity index is 2.03. The van der Waals surface area contributed by atoms with Crippen LogP contribution < -0.4 is 5.73 Å². The molecule has 0 aliphatic heterocycles. The van der Waals surface area contributed by atoms with E-state index in [0.717, 1.165) is 37.7 Å². The number of benzene rings is 1. The maximum Gasteiger partial charge on any atom is 0.248 e. The van der Waals surface area contributed by atoms with Gasteiger partial charge in [0.05, 0.1) is 0 Å². The number of hydrogen-bond acceptors (Lipinski definition) is 2. The maximum atomic E-state index is 11.9. The Hall–Kier alpha value is -1.64. The van der Waals surface area contributed by atoms with Crippen LogP contribution in [0.4, 0.5) is 0 Å². The number of Topliss-reactive ketones (excluding diaryl/α,β-unsaturated/α-hetero) is 1. The zero-order valence-corrected chi connectivity index (χ0v) is 10.5. The fourth-order valence-corrected chi connectivity index (χ4v) is 2.54. The highest BCUT2D eigenvalue weighted by Gasteiger charge is 2.20. The number of nitrogens with two attached hydrogens (primary N) is 1. The Morgan fingerprint density at radius 2 is 1.89 bits per heavy atom. The van der Waals surface area contributed by atoms with E-state index in [4.69, 9.17) is 5.73 Å². The molecule has 1 aliphatic carbocycles. The summed E-state index contributed by atoms with van der Waals surface area (Å²) in [4.78, 5) is 22.9. The van der Waals surface area contributed by atoms with E-state index < -0.39 is 5.91 Å². The highest BCUT2D eigenvalue weighted by atomic mass is 16.1. The Morgan fingerprint density at radius 3 is 2.56 bits per heavy atom. The van der Waals surface area contributed by atoms with Crippen molar-refractivity contribution < 1.29 is 9.59 Å². The number of primary amides is 1. The summed E-state index contributed by atoms with van der Waals surface area (Å²) in [5, 5.41) is 0. The van der Waals surface area contributed by atoms with E-state index in [-0.39, 0.29) is 5.92 Å². The second-order valence-electron chi connectivity index (χ2n) is 5.03. The first-order valence-electron chi connectivity index (χ1n) is 6.58. The van der Waals surface area contributed by atoms with Gasteiger partial charge in [-0.25, -0.2) is 0 Å². The van der Waals surface area contributed by atoms with Crippen molar-refractivity contribution in [2.24, 2.45) is 11.7 Å². The first-order valence-corrected chi connectivity index (χ1v) is 6.58. The van der Waals surface area contributed by atoms with Gasteiger partial charge in [-0.1, -0.05) is 25.0 Å². The molecule has 1 fully saturated rings. The van der Waals surface area contributed by atoms with Crippen molar-refractivity contribution in [3.63, 3.8) is 0 Å². The summed E-state index contributed by atoms with van der Waals surface area (Å²) in [6, 6.07) is 7.27. The van der Waals surface area contributed by atoms with Crippen LogP contribution in [0.25, 0.3) is 0 Å². The van der Waals surface area contributed by atoms with Crippen molar-refractivity contribution in [2.75, 3.05) is 0 Å². The molecule has 1 aromatic rings. The standard InChI is InChI=1S/C15H19NO2/c16-15(18)12-8-6-11(7-9-12)10-13-4-2-1-3-5-14(13)17/h6-9,13H,1-5,10H2,(H2,16,18). The lowest BCUT2D eigenvalue weighted by molar-refractivity contribution is -0.122. The number of ketones is 1. The summed E-state index contributed by atoms with van der Waals surface area (Å²) in [5.41, 5.74) is 6.83. The number of hydrogen-bond donors (Lipinski definition) is 1. The van der Waals surface area contributed by atoms with E-state index in [2.05, 4.69) is 0 Å². The third kappa shape index (κ3) is 3.19. The molecular formula is C15H19NO2. The third-order valence-electron chi connectivity index (χ3n) is 3.65. The molecule has 0 spiro atoms. The summed E-state index contributed by atoms with van der Waals surface area (Å²) in [6.07, 6.45) is 5.87. The molecule has 1 atom stereocenters. The Kier molecular flexibility index (Phi) is 4.13. The van der Waals surface area contributed by atoms with Crippen molar-refractivity contribution in [3.05, 3.63) is 35.4 Å². The van der Waals surface area contributed by atoms with Gasteiger partial charge in [0.15, 0.2) is 0 Å². The summed E-state index contributed by atoms with van der Waals surface area (Å²) < 4.78 is 0. The average Bonchev–Trinajstić information content (AvgIpc) is 2.56. The van der Waals surface area contributed by atoms with Crippen molar-refractivity contribution in [2.45, 2.75) is 38.5 Å². The molecule has 1 unspecified atom stereocenters. The highest BCUT2D eigenvalue weighted by Crippen LogP contribution is 2.23. The van der Waals surface area contributed by atoms with E-state index in [1.165, 1.54) is 6.42 Å². The summed E-state index contributed by atoms with van der Waals surface area (Å²) in [7, 11) is 0. The van der Waals surface area contributed by atoms with Gasteiger partial charge < -0.3 is 5.73 Å². The average molecular weight is 245 g/mol. The predicted octanol–water partition coefficient (Wildman–Crippen LogP) is 2.48. The van der Waals surface area contributed by atoms with Crippen LogP contribution >= 0.6 is 0 Å². The van der Waals surface area contributed by atoms with Crippen LogP contribution in [-0.2, 0) is 11.2 Å². The van der Waals surface area contributed by atoms with Crippen LogP contribution in [-0.4, -0.2) is 11.7 Å². The monoisotopic (exact) mass is 245 g/mol. The molecule has 0 aromatic heterocycles. The van der Waals surface area contributed by atoms with Crippen LogP contribution in [0.1, 0.15) is 48.0 Å². The fourth-order valence-electron chi connectivity index (χ4n) is 2.54. The zero-order valence-electron chi connectivity index (χ0n) is 10.5. The Labute approximate surface area is 107 Å². The van der Waals surface area contributed by atoms with Gasteiger partial charge in [0.1, 0.15) is 5.78 Å². The molecule has 1 saturated carbocycles. The van der Waals surface area contributed by atoms with Crippen LogP contribution in [0.3, 0.4) is 0 Å². The molecule has 0 heterocycles. The quantitative estimate of drug-likeness (QED) is 0.832. The fraction of sp³-hybridized carbons (Fsp3) is 0.467. The summed E-state index contributed by atoms with van der Waals surface area (Å²) in [6.45, 7) is 0. The van der Waals surface area contributed by atoms with Gasteiger partial charge in [-0.3, -0.25) is 9.59 Å². The second-order valence-corrected chi connectivity index (χ2v) is 5.03. The molecule has 0 saturated heterocycles. The van der Waals surface area contributed by atoms with Crippen molar-refractivity contribution in [1.29, 1.82) is 0 Å². The largest absolute Gasteiger partial charge is 0.366 e. The summed E-state index contributed by atoms with van der Waals surface area (Å²) >= 11 is 0. The third-order valence-corrected chi connectivity index (χ3v) is 3.65. The first kappa shape index (κ1) is 12.8. The minimum Gasteiger partial charge on any atom is -0.366 e. The van der Waals surface area contributed by atoms with Crippen LogP contribution in [0, 0.1) is 5.92 Å². The highest BCUT2D eigenvalue weighted by molar-refractivity contribution is 5.92. The first-order chi connectivity index (χ1) is 8.66. The number of carbonyl (C=O) groups is 2. The molecule has 96 valence electrons. The van der Waals surface area contributed by atoms with Crippen molar-refractivity contribution in [1.82, 2.24) is 0 Å². The zero-order chi connectivity index (χ0) is 13.0. The van der Waals surface area contributed by atoms with Gasteiger partial charge >= 0.3 is 0 Å². The lowest BCUT2D eigenvalue weighted by atomic mass is 9.91. The van der Waals surface area contributed by atoms with Gasteiger partial charge in [0.25, 0.3) is 0 Å². The van der Waals surface area contributed by atoms with E-state index in [9.17, 15) is 9.59 Å². The minimum atomic E-state index is -0.410. The van der Waals surface area contributed by atoms with Crippen LogP contribution in [0.2, 0.25) is 0 Å². The van der Waals surface area contributed by atoms with Crippen molar-refractivity contribution in [3.8, 4) is 0 Å². The predicted molar refractivity (Wildman–Crippen MR) is 70.2 cm³/mol. The normalized spacial score (nSPS) is 20.4. The number of amides is 1. The number of carbonyl (C=O) groups excluding carboxylic acids is 2. The second kappa shape index (κ2) is 5.80. The van der Waals surface area contributed by atoms with Gasteiger partial charge in [-0.05, 0) is 37.0 Å². The molecular weight excluding hydrogens is 226 g/mol. The molecule has 3 heteroatoms.